The van der Waals surface area contributed by atoms with Gasteiger partial charge in [0.1, 0.15) is 0 Å². The summed E-state index contributed by atoms with van der Waals surface area (Å²) in [7, 11) is 1.42. The molecule has 0 atom stereocenters. The van der Waals surface area contributed by atoms with E-state index in [1.165, 1.54) is 7.11 Å². The zero-order valence-corrected chi connectivity index (χ0v) is 9.39. The molecule has 14 heavy (non-hydrogen) atoms. The van der Waals surface area contributed by atoms with Crippen molar-refractivity contribution in [3.05, 3.63) is 16.1 Å². The van der Waals surface area contributed by atoms with Crippen molar-refractivity contribution >= 4 is 17.3 Å². The first kappa shape index (κ1) is 11.2. The van der Waals surface area contributed by atoms with Crippen LogP contribution >= 0.6 is 11.3 Å². The molecule has 0 aromatic carbocycles. The molecular weight excluding hydrogens is 198 g/mol. The molecule has 0 N–H and O–H groups in total. The van der Waals surface area contributed by atoms with Crippen LogP contribution in [0.15, 0.2) is 5.38 Å². The number of carbonyl (C=O) groups is 1. The van der Waals surface area contributed by atoms with Crippen LogP contribution in [-0.2, 0) is 22.4 Å². The molecule has 0 radical (unpaired) electrons. The normalized spacial score (nSPS) is 10.1. The average Bonchev–Trinajstić information content (AvgIpc) is 2.65. The van der Waals surface area contributed by atoms with Gasteiger partial charge >= 0.3 is 5.97 Å². The lowest BCUT2D eigenvalue weighted by Crippen LogP contribution is -2.00. The first-order chi connectivity index (χ1) is 6.76. The highest BCUT2D eigenvalue weighted by Gasteiger charge is 2.03. The maximum atomic E-state index is 10.8. The number of carbonyl (C=O) groups excluding carboxylic acids is 1. The molecule has 1 aromatic heterocycles. The molecule has 0 saturated heterocycles. The van der Waals surface area contributed by atoms with E-state index in [9.17, 15) is 4.79 Å². The second kappa shape index (κ2) is 5.75. The van der Waals surface area contributed by atoms with Crippen LogP contribution in [0.4, 0.5) is 0 Å². The maximum absolute atomic E-state index is 10.8. The monoisotopic (exact) mass is 213 g/mol. The Bertz CT molecular complexity index is 296. The average molecular weight is 213 g/mol. The zero-order chi connectivity index (χ0) is 10.4. The Morgan fingerprint density at radius 2 is 2.43 bits per heavy atom. The van der Waals surface area contributed by atoms with E-state index in [2.05, 4.69) is 22.0 Å². The summed E-state index contributed by atoms with van der Waals surface area (Å²) in [6.45, 7) is 2.09. The van der Waals surface area contributed by atoms with Gasteiger partial charge in [-0.3, -0.25) is 4.79 Å². The summed E-state index contributed by atoms with van der Waals surface area (Å²) in [5.74, 6) is -0.141. The third-order valence-corrected chi connectivity index (χ3v) is 2.92. The summed E-state index contributed by atoms with van der Waals surface area (Å²) in [5.41, 5.74) is 1.14. The minimum atomic E-state index is -0.141. The number of esters is 1. The Kier molecular flexibility index (Phi) is 4.59. The number of aromatic nitrogens is 1. The number of thiazole rings is 1. The number of ether oxygens (including phenoxy) is 1. The molecule has 0 aliphatic heterocycles. The predicted octanol–water partition coefficient (Wildman–Crippen LogP) is 2.20. The van der Waals surface area contributed by atoms with Gasteiger partial charge in [0.2, 0.25) is 0 Å². The Labute approximate surface area is 88.1 Å². The van der Waals surface area contributed by atoms with Crippen LogP contribution in [0.25, 0.3) is 0 Å². The van der Waals surface area contributed by atoms with Gasteiger partial charge in [-0.2, -0.15) is 0 Å². The van der Waals surface area contributed by atoms with Crippen LogP contribution in [0, 0.1) is 0 Å². The molecule has 4 heteroatoms. The third-order valence-electron chi connectivity index (χ3n) is 1.96. The number of rotatable bonds is 5. The van der Waals surface area contributed by atoms with Gasteiger partial charge in [0, 0.05) is 11.8 Å². The van der Waals surface area contributed by atoms with Crippen molar-refractivity contribution in [1.29, 1.82) is 0 Å². The lowest BCUT2D eigenvalue weighted by molar-refractivity contribution is -0.140. The van der Waals surface area contributed by atoms with Gasteiger partial charge in [-0.05, 0) is 19.3 Å². The lowest BCUT2D eigenvalue weighted by atomic mass is 10.2. The number of hydrogen-bond donors (Lipinski definition) is 0. The van der Waals surface area contributed by atoms with Gasteiger partial charge < -0.3 is 4.74 Å². The molecule has 0 aliphatic carbocycles. The largest absolute Gasteiger partial charge is 0.469 e. The van der Waals surface area contributed by atoms with E-state index in [1.807, 2.05) is 0 Å². The first-order valence-electron chi connectivity index (χ1n) is 4.76. The molecule has 0 bridgehead atoms. The van der Waals surface area contributed by atoms with Crippen molar-refractivity contribution in [1.82, 2.24) is 4.98 Å². The highest BCUT2D eigenvalue weighted by atomic mass is 32.1. The fourth-order valence-electron chi connectivity index (χ4n) is 1.11. The molecule has 0 spiro atoms. The molecule has 1 heterocycles. The Morgan fingerprint density at radius 1 is 1.64 bits per heavy atom. The number of aryl methyl sites for hydroxylation is 2. The first-order valence-corrected chi connectivity index (χ1v) is 5.64. The van der Waals surface area contributed by atoms with Crippen molar-refractivity contribution in [2.24, 2.45) is 0 Å². The fraction of sp³-hybridized carbons (Fsp3) is 0.600. The molecule has 1 rings (SSSR count). The summed E-state index contributed by atoms with van der Waals surface area (Å²) >= 11 is 1.67. The Morgan fingerprint density at radius 3 is 3.00 bits per heavy atom. The summed E-state index contributed by atoms with van der Waals surface area (Å²) in [5, 5.41) is 3.19. The topological polar surface area (TPSA) is 39.2 Å². The van der Waals surface area contributed by atoms with E-state index in [4.69, 9.17) is 0 Å². The second-order valence-corrected chi connectivity index (χ2v) is 3.96. The molecule has 0 fully saturated rings. The molecule has 0 saturated carbocycles. The van der Waals surface area contributed by atoms with Crippen molar-refractivity contribution in [2.45, 2.75) is 32.6 Å². The number of hydrogen-bond acceptors (Lipinski definition) is 4. The highest BCUT2D eigenvalue weighted by molar-refractivity contribution is 7.09. The summed E-state index contributed by atoms with van der Waals surface area (Å²) in [6.07, 6.45) is 3.16. The van der Waals surface area contributed by atoms with Gasteiger partial charge in [0.25, 0.3) is 0 Å². The minimum absolute atomic E-state index is 0.141. The van der Waals surface area contributed by atoms with Gasteiger partial charge in [-0.15, -0.1) is 11.3 Å². The van der Waals surface area contributed by atoms with Gasteiger partial charge in [0.05, 0.1) is 17.8 Å². The maximum Gasteiger partial charge on any atom is 0.305 e. The fourth-order valence-corrected chi connectivity index (χ4v) is 2.04. The van der Waals surface area contributed by atoms with Crippen LogP contribution in [-0.4, -0.2) is 18.1 Å². The predicted molar refractivity (Wildman–Crippen MR) is 56.4 cm³/mol. The molecule has 0 amide bonds. The van der Waals surface area contributed by atoms with E-state index < -0.39 is 0 Å². The standard InChI is InChI=1S/C10H15NO2S/c1-3-8-7-14-9(11-8)5-4-6-10(12)13-2/h7H,3-6H2,1-2H3. The smallest absolute Gasteiger partial charge is 0.305 e. The molecule has 0 unspecified atom stereocenters. The van der Waals surface area contributed by atoms with E-state index >= 15 is 0 Å². The summed E-state index contributed by atoms with van der Waals surface area (Å²) in [6, 6.07) is 0. The van der Waals surface area contributed by atoms with Crippen molar-refractivity contribution < 1.29 is 9.53 Å². The summed E-state index contributed by atoms with van der Waals surface area (Å²) in [4.78, 5) is 15.2. The third kappa shape index (κ3) is 3.46. The van der Waals surface area contributed by atoms with Crippen LogP contribution in [0.1, 0.15) is 30.5 Å². The van der Waals surface area contributed by atoms with Gasteiger partial charge in [-0.25, -0.2) is 4.98 Å². The minimum Gasteiger partial charge on any atom is -0.469 e. The van der Waals surface area contributed by atoms with Crippen molar-refractivity contribution in [2.75, 3.05) is 7.11 Å². The van der Waals surface area contributed by atoms with Crippen molar-refractivity contribution in [3.63, 3.8) is 0 Å². The second-order valence-electron chi connectivity index (χ2n) is 3.02. The van der Waals surface area contributed by atoms with Gasteiger partial charge in [-0.1, -0.05) is 6.92 Å². The lowest BCUT2D eigenvalue weighted by Gasteiger charge is -1.96. The Hall–Kier alpha value is -0.900. The van der Waals surface area contributed by atoms with Crippen LogP contribution in [0.3, 0.4) is 0 Å². The van der Waals surface area contributed by atoms with E-state index in [1.54, 1.807) is 11.3 Å². The summed E-state index contributed by atoms with van der Waals surface area (Å²) < 4.78 is 4.56. The molecule has 0 aliphatic rings. The highest BCUT2D eigenvalue weighted by Crippen LogP contribution is 2.13. The molecular formula is C10H15NO2S. The van der Waals surface area contributed by atoms with E-state index in [-0.39, 0.29) is 5.97 Å². The number of nitrogens with zero attached hydrogens (tertiary/aromatic N) is 1. The van der Waals surface area contributed by atoms with Crippen molar-refractivity contribution in [3.8, 4) is 0 Å². The van der Waals surface area contributed by atoms with Gasteiger partial charge in [0.15, 0.2) is 0 Å². The quantitative estimate of drug-likeness (QED) is 0.704. The van der Waals surface area contributed by atoms with E-state index in [0.717, 1.165) is 30.0 Å². The SMILES string of the molecule is CCc1csc(CCCC(=O)OC)n1. The molecule has 78 valence electrons. The van der Waals surface area contributed by atoms with Crippen LogP contribution in [0.2, 0.25) is 0 Å². The molecule has 3 nitrogen and oxygen atoms in total. The number of methoxy groups -OCH3 is 1. The van der Waals surface area contributed by atoms with E-state index in [0.29, 0.717) is 6.42 Å². The van der Waals surface area contributed by atoms with Crippen LogP contribution in [0.5, 0.6) is 0 Å². The van der Waals surface area contributed by atoms with Crippen LogP contribution < -0.4 is 0 Å². The zero-order valence-electron chi connectivity index (χ0n) is 8.58. The molecule has 1 aromatic rings. The Balaban J connectivity index is 2.27.